The number of hydrogen-bond donors (Lipinski definition) is 0. The summed E-state index contributed by atoms with van der Waals surface area (Å²) in [5, 5.41) is 0. The van der Waals surface area contributed by atoms with Crippen LogP contribution >= 0.6 is 0 Å². The molecule has 1 aliphatic heterocycles. The monoisotopic (exact) mass is 258 g/mol. The number of amides is 1. The highest BCUT2D eigenvalue weighted by molar-refractivity contribution is 5.76. The number of alkyl halides is 3. The van der Waals surface area contributed by atoms with Crippen molar-refractivity contribution in [1.82, 2.24) is 9.88 Å². The first-order chi connectivity index (χ1) is 8.41. The second-order valence-electron chi connectivity index (χ2n) is 4.25. The van der Waals surface area contributed by atoms with Gasteiger partial charge in [-0.05, 0) is 11.6 Å². The Labute approximate surface area is 103 Å². The summed E-state index contributed by atoms with van der Waals surface area (Å²) < 4.78 is 37.7. The molecule has 1 aromatic rings. The summed E-state index contributed by atoms with van der Waals surface area (Å²) in [4.78, 5) is 17.0. The van der Waals surface area contributed by atoms with E-state index in [9.17, 15) is 18.0 Å². The first-order valence-electron chi connectivity index (χ1n) is 5.74. The zero-order valence-electron chi connectivity index (χ0n) is 9.92. The highest BCUT2D eigenvalue weighted by Crippen LogP contribution is 2.31. The average molecular weight is 258 g/mol. The van der Waals surface area contributed by atoms with E-state index < -0.39 is 11.7 Å². The van der Waals surface area contributed by atoms with Crippen LogP contribution in [0, 0.1) is 0 Å². The normalized spacial score (nSPS) is 15.4. The van der Waals surface area contributed by atoms with E-state index in [-0.39, 0.29) is 12.5 Å². The topological polar surface area (TPSA) is 33.2 Å². The van der Waals surface area contributed by atoms with E-state index in [1.807, 2.05) is 0 Å². The summed E-state index contributed by atoms with van der Waals surface area (Å²) in [7, 11) is 0. The molecule has 6 heteroatoms. The molecular weight excluding hydrogens is 245 g/mol. The number of halogens is 3. The summed E-state index contributed by atoms with van der Waals surface area (Å²) in [6, 6.07) is 1.09. The molecule has 0 aliphatic carbocycles. The third-order valence-electron chi connectivity index (χ3n) is 3.02. The van der Waals surface area contributed by atoms with Crippen LogP contribution in [0.5, 0.6) is 0 Å². The van der Waals surface area contributed by atoms with Gasteiger partial charge in [0.2, 0.25) is 5.91 Å². The molecule has 0 unspecified atom stereocenters. The molecule has 0 aromatic carbocycles. The summed E-state index contributed by atoms with van der Waals surface area (Å²) in [5.74, 6) is -0.0435. The molecule has 2 rings (SSSR count). The first kappa shape index (κ1) is 12.9. The molecule has 18 heavy (non-hydrogen) atoms. The van der Waals surface area contributed by atoms with E-state index in [1.54, 1.807) is 11.8 Å². The Hall–Kier alpha value is -1.59. The molecule has 1 aromatic heterocycles. The summed E-state index contributed by atoms with van der Waals surface area (Å²) >= 11 is 0. The number of rotatable bonds is 1. The van der Waals surface area contributed by atoms with Gasteiger partial charge < -0.3 is 4.90 Å². The average Bonchev–Trinajstić information content (AvgIpc) is 2.35. The maximum atomic E-state index is 12.6. The van der Waals surface area contributed by atoms with Crippen LogP contribution in [0.3, 0.4) is 0 Å². The SMILES string of the molecule is CCC(=O)N1CCc2ncc(C(F)(F)F)cc2C1. The van der Waals surface area contributed by atoms with Gasteiger partial charge in [0.25, 0.3) is 0 Å². The lowest BCUT2D eigenvalue weighted by atomic mass is 10.0. The van der Waals surface area contributed by atoms with Gasteiger partial charge in [0.15, 0.2) is 0 Å². The minimum Gasteiger partial charge on any atom is -0.338 e. The van der Waals surface area contributed by atoms with Crippen LogP contribution in [-0.4, -0.2) is 22.3 Å². The number of pyridine rings is 1. The van der Waals surface area contributed by atoms with Gasteiger partial charge in [0.05, 0.1) is 5.56 Å². The fourth-order valence-electron chi connectivity index (χ4n) is 2.02. The Bertz CT molecular complexity index is 471. The third-order valence-corrected chi connectivity index (χ3v) is 3.02. The lowest BCUT2D eigenvalue weighted by molar-refractivity contribution is -0.137. The van der Waals surface area contributed by atoms with Crippen LogP contribution in [0.25, 0.3) is 0 Å². The number of hydrogen-bond acceptors (Lipinski definition) is 2. The van der Waals surface area contributed by atoms with Gasteiger partial charge in [-0.3, -0.25) is 9.78 Å². The maximum absolute atomic E-state index is 12.6. The zero-order valence-corrected chi connectivity index (χ0v) is 9.92. The second-order valence-corrected chi connectivity index (χ2v) is 4.25. The molecule has 1 aliphatic rings. The Morgan fingerprint density at radius 1 is 1.50 bits per heavy atom. The molecule has 0 fully saturated rings. The zero-order chi connectivity index (χ0) is 13.3. The smallest absolute Gasteiger partial charge is 0.338 e. The molecule has 0 bridgehead atoms. The number of nitrogens with zero attached hydrogens (tertiary/aromatic N) is 2. The second kappa shape index (κ2) is 4.59. The van der Waals surface area contributed by atoms with E-state index in [2.05, 4.69) is 4.98 Å². The summed E-state index contributed by atoms with van der Waals surface area (Å²) in [6.07, 6.45) is -2.66. The number of aromatic nitrogens is 1. The number of fused-ring (bicyclic) bond motifs is 1. The predicted octanol–water partition coefficient (Wildman–Crippen LogP) is 2.40. The van der Waals surface area contributed by atoms with Crippen LogP contribution in [0.2, 0.25) is 0 Å². The van der Waals surface area contributed by atoms with Gasteiger partial charge in [0, 0.05) is 37.8 Å². The van der Waals surface area contributed by atoms with E-state index in [0.29, 0.717) is 30.6 Å². The summed E-state index contributed by atoms with van der Waals surface area (Å²) in [6.45, 7) is 2.49. The van der Waals surface area contributed by atoms with Crippen molar-refractivity contribution in [1.29, 1.82) is 0 Å². The molecule has 0 saturated heterocycles. The van der Waals surface area contributed by atoms with Crippen molar-refractivity contribution < 1.29 is 18.0 Å². The fraction of sp³-hybridized carbons (Fsp3) is 0.500. The van der Waals surface area contributed by atoms with Crippen LogP contribution in [-0.2, 0) is 23.9 Å². The Balaban J connectivity index is 2.27. The molecule has 0 N–H and O–H groups in total. The number of carbonyl (C=O) groups is 1. The van der Waals surface area contributed by atoms with Gasteiger partial charge in [0.1, 0.15) is 0 Å². The van der Waals surface area contributed by atoms with Crippen molar-refractivity contribution in [3.63, 3.8) is 0 Å². The Morgan fingerprint density at radius 3 is 2.83 bits per heavy atom. The van der Waals surface area contributed by atoms with Gasteiger partial charge in [-0.1, -0.05) is 6.92 Å². The van der Waals surface area contributed by atoms with Crippen LogP contribution in [0.1, 0.15) is 30.2 Å². The standard InChI is InChI=1S/C12H13F3N2O/c1-2-11(18)17-4-3-10-8(7-17)5-9(6-16-10)12(13,14)15/h5-6H,2-4,7H2,1H3. The Kier molecular flexibility index (Phi) is 3.28. The van der Waals surface area contributed by atoms with Crippen LogP contribution in [0.15, 0.2) is 12.3 Å². The number of carbonyl (C=O) groups excluding carboxylic acids is 1. The van der Waals surface area contributed by atoms with Gasteiger partial charge in [-0.2, -0.15) is 13.2 Å². The Morgan fingerprint density at radius 2 is 2.22 bits per heavy atom. The van der Waals surface area contributed by atoms with Crippen LogP contribution < -0.4 is 0 Å². The van der Waals surface area contributed by atoms with E-state index in [4.69, 9.17) is 0 Å². The van der Waals surface area contributed by atoms with Gasteiger partial charge in [-0.25, -0.2) is 0 Å². The van der Waals surface area contributed by atoms with Crippen molar-refractivity contribution in [2.45, 2.75) is 32.5 Å². The van der Waals surface area contributed by atoms with Crippen molar-refractivity contribution in [2.24, 2.45) is 0 Å². The van der Waals surface area contributed by atoms with Crippen molar-refractivity contribution >= 4 is 5.91 Å². The van der Waals surface area contributed by atoms with E-state index in [1.165, 1.54) is 0 Å². The van der Waals surface area contributed by atoms with E-state index in [0.717, 1.165) is 12.3 Å². The maximum Gasteiger partial charge on any atom is 0.417 e. The molecular formula is C12H13F3N2O. The highest BCUT2D eigenvalue weighted by atomic mass is 19.4. The fourth-order valence-corrected chi connectivity index (χ4v) is 2.02. The van der Waals surface area contributed by atoms with Crippen molar-refractivity contribution in [3.05, 3.63) is 29.1 Å². The molecule has 0 saturated carbocycles. The molecule has 3 nitrogen and oxygen atoms in total. The largest absolute Gasteiger partial charge is 0.417 e. The predicted molar refractivity (Wildman–Crippen MR) is 58.7 cm³/mol. The summed E-state index contributed by atoms with van der Waals surface area (Å²) in [5.41, 5.74) is 0.396. The molecule has 2 heterocycles. The molecule has 0 atom stereocenters. The van der Waals surface area contributed by atoms with Crippen LogP contribution in [0.4, 0.5) is 13.2 Å². The molecule has 1 amide bonds. The molecule has 0 radical (unpaired) electrons. The first-order valence-corrected chi connectivity index (χ1v) is 5.74. The van der Waals surface area contributed by atoms with E-state index >= 15 is 0 Å². The lowest BCUT2D eigenvalue weighted by Gasteiger charge is -2.28. The highest BCUT2D eigenvalue weighted by Gasteiger charge is 2.32. The third kappa shape index (κ3) is 2.47. The van der Waals surface area contributed by atoms with Crippen molar-refractivity contribution in [2.75, 3.05) is 6.54 Å². The molecule has 0 spiro atoms. The molecule has 98 valence electrons. The minimum absolute atomic E-state index is 0.0435. The van der Waals surface area contributed by atoms with Gasteiger partial charge >= 0.3 is 6.18 Å². The minimum atomic E-state index is -4.39. The lowest BCUT2D eigenvalue weighted by Crippen LogP contribution is -2.36. The van der Waals surface area contributed by atoms with Crippen molar-refractivity contribution in [3.8, 4) is 0 Å². The quantitative estimate of drug-likeness (QED) is 0.775. The van der Waals surface area contributed by atoms with Gasteiger partial charge in [-0.15, -0.1) is 0 Å².